The van der Waals surface area contributed by atoms with Crippen molar-refractivity contribution in [3.8, 4) is 0 Å². The molecule has 1 aliphatic heterocycles. The van der Waals surface area contributed by atoms with Gasteiger partial charge < -0.3 is 20.1 Å². The van der Waals surface area contributed by atoms with E-state index in [0.717, 1.165) is 6.54 Å². The fourth-order valence-electron chi connectivity index (χ4n) is 2.33. The summed E-state index contributed by atoms with van der Waals surface area (Å²) in [6.45, 7) is 11.1. The van der Waals surface area contributed by atoms with E-state index in [0.29, 0.717) is 18.9 Å². The van der Waals surface area contributed by atoms with Gasteiger partial charge in [-0.2, -0.15) is 0 Å². The van der Waals surface area contributed by atoms with Crippen molar-refractivity contribution in [1.82, 2.24) is 10.2 Å². The maximum atomic E-state index is 12.0. The lowest BCUT2D eigenvalue weighted by Gasteiger charge is -2.37. The highest BCUT2D eigenvalue weighted by Crippen LogP contribution is 2.20. The third kappa shape index (κ3) is 5.91. The van der Waals surface area contributed by atoms with Crippen LogP contribution in [0.5, 0.6) is 0 Å². The highest BCUT2D eigenvalue weighted by Gasteiger charge is 2.37. The summed E-state index contributed by atoms with van der Waals surface area (Å²) >= 11 is 0. The Hall–Kier alpha value is -1.30. The van der Waals surface area contributed by atoms with Gasteiger partial charge in [-0.3, -0.25) is 4.79 Å². The topological polar surface area (TPSA) is 78.9 Å². The van der Waals surface area contributed by atoms with Crippen LogP contribution < -0.4 is 5.32 Å². The number of amides is 1. The maximum absolute atomic E-state index is 12.0. The Bertz CT molecular complexity index is 376. The highest BCUT2D eigenvalue weighted by molar-refractivity contribution is 5.74. The number of likely N-dealkylation sites (tertiary alicyclic amines) is 1. The number of aliphatic carboxylic acids is 1. The minimum Gasteiger partial charge on any atom is -0.481 e. The molecule has 1 amide bonds. The molecule has 0 aromatic rings. The second-order valence-electron chi connectivity index (χ2n) is 7.07. The van der Waals surface area contributed by atoms with Crippen molar-refractivity contribution in [2.45, 2.75) is 52.7 Å². The predicted molar refractivity (Wildman–Crippen MR) is 80.2 cm³/mol. The number of hydrogen-bond acceptors (Lipinski definition) is 4. The van der Waals surface area contributed by atoms with E-state index in [-0.39, 0.29) is 12.6 Å². The minimum absolute atomic E-state index is 0.0939. The van der Waals surface area contributed by atoms with Crippen molar-refractivity contribution < 1.29 is 19.4 Å². The molecule has 6 nitrogen and oxygen atoms in total. The number of carboxylic acid groups (broad SMARTS) is 1. The van der Waals surface area contributed by atoms with Crippen LogP contribution in [-0.4, -0.2) is 53.3 Å². The Labute approximate surface area is 126 Å². The van der Waals surface area contributed by atoms with Crippen LogP contribution >= 0.6 is 0 Å². The average Bonchev–Trinajstić information content (AvgIpc) is 2.33. The number of hydrogen-bond donors (Lipinski definition) is 2. The van der Waals surface area contributed by atoms with Gasteiger partial charge in [0.1, 0.15) is 5.60 Å². The highest BCUT2D eigenvalue weighted by atomic mass is 16.6. The van der Waals surface area contributed by atoms with Gasteiger partial charge in [0.05, 0.1) is 5.92 Å². The zero-order valence-corrected chi connectivity index (χ0v) is 13.7. The second-order valence-corrected chi connectivity index (χ2v) is 7.07. The molecule has 1 saturated heterocycles. The van der Waals surface area contributed by atoms with Gasteiger partial charge in [-0.05, 0) is 39.7 Å². The lowest BCUT2D eigenvalue weighted by molar-refractivity contribution is -0.144. The monoisotopic (exact) mass is 300 g/mol. The molecular formula is C15H28N2O4. The predicted octanol–water partition coefficient (Wildman–Crippen LogP) is 1.94. The van der Waals surface area contributed by atoms with E-state index >= 15 is 0 Å². The van der Waals surface area contributed by atoms with Gasteiger partial charge in [-0.25, -0.2) is 4.79 Å². The van der Waals surface area contributed by atoms with Gasteiger partial charge in [0.2, 0.25) is 0 Å². The first-order valence-corrected chi connectivity index (χ1v) is 7.54. The van der Waals surface area contributed by atoms with E-state index in [1.165, 1.54) is 4.90 Å². The molecule has 2 atom stereocenters. The molecule has 0 unspecified atom stereocenters. The number of rotatable bonds is 4. The smallest absolute Gasteiger partial charge is 0.410 e. The van der Waals surface area contributed by atoms with Crippen LogP contribution in [-0.2, 0) is 9.53 Å². The summed E-state index contributed by atoms with van der Waals surface area (Å²) in [7, 11) is 0. The summed E-state index contributed by atoms with van der Waals surface area (Å²) in [5.74, 6) is -1.00. The fourth-order valence-corrected chi connectivity index (χ4v) is 2.33. The molecule has 0 radical (unpaired) electrons. The molecule has 0 aromatic carbocycles. The Morgan fingerprint density at radius 1 is 1.38 bits per heavy atom. The average molecular weight is 300 g/mol. The molecule has 21 heavy (non-hydrogen) atoms. The summed E-state index contributed by atoms with van der Waals surface area (Å²) in [5.41, 5.74) is -0.567. The van der Waals surface area contributed by atoms with Gasteiger partial charge in [0, 0.05) is 19.1 Å². The number of nitrogens with zero attached hydrogens (tertiary/aromatic N) is 1. The van der Waals surface area contributed by atoms with E-state index in [2.05, 4.69) is 19.2 Å². The molecule has 1 fully saturated rings. The van der Waals surface area contributed by atoms with Gasteiger partial charge in [-0.1, -0.05) is 13.8 Å². The Kier molecular flexibility index (Phi) is 6.01. The van der Waals surface area contributed by atoms with Gasteiger partial charge >= 0.3 is 12.1 Å². The van der Waals surface area contributed by atoms with Crippen LogP contribution in [0.1, 0.15) is 41.0 Å². The van der Waals surface area contributed by atoms with Gasteiger partial charge in [0.15, 0.2) is 0 Å². The van der Waals surface area contributed by atoms with Crippen LogP contribution in [0.3, 0.4) is 0 Å². The third-order valence-electron chi connectivity index (χ3n) is 3.37. The Morgan fingerprint density at radius 2 is 2.00 bits per heavy atom. The van der Waals surface area contributed by atoms with E-state index < -0.39 is 23.6 Å². The number of nitrogens with one attached hydrogen (secondary N) is 1. The summed E-state index contributed by atoms with van der Waals surface area (Å²) in [4.78, 5) is 25.0. The lowest BCUT2D eigenvalue weighted by Crippen LogP contribution is -2.54. The molecule has 6 heteroatoms. The molecule has 1 aliphatic rings. The van der Waals surface area contributed by atoms with Crippen molar-refractivity contribution in [2.75, 3.05) is 19.6 Å². The van der Waals surface area contributed by atoms with Crippen molar-refractivity contribution in [3.63, 3.8) is 0 Å². The maximum Gasteiger partial charge on any atom is 0.410 e. The first kappa shape index (κ1) is 17.8. The molecule has 0 aliphatic carbocycles. The first-order chi connectivity index (χ1) is 9.60. The Balaban J connectivity index is 2.64. The van der Waals surface area contributed by atoms with Crippen molar-refractivity contribution in [1.29, 1.82) is 0 Å². The molecule has 0 saturated carbocycles. The molecule has 0 aromatic heterocycles. The summed E-state index contributed by atoms with van der Waals surface area (Å²) in [6, 6.07) is -0.0939. The third-order valence-corrected chi connectivity index (χ3v) is 3.37. The quantitative estimate of drug-likeness (QED) is 0.829. The molecule has 0 spiro atoms. The zero-order valence-electron chi connectivity index (χ0n) is 13.7. The van der Waals surface area contributed by atoms with Crippen molar-refractivity contribution in [2.24, 2.45) is 11.8 Å². The van der Waals surface area contributed by atoms with Gasteiger partial charge in [-0.15, -0.1) is 0 Å². The lowest BCUT2D eigenvalue weighted by atomic mass is 9.92. The molecule has 0 bridgehead atoms. The first-order valence-electron chi connectivity index (χ1n) is 7.54. The van der Waals surface area contributed by atoms with Crippen LogP contribution in [0.4, 0.5) is 4.79 Å². The largest absolute Gasteiger partial charge is 0.481 e. The SMILES string of the molecule is CC(C)CN[C@H]1CCN(C(=O)OC(C)(C)C)C[C@H]1C(=O)O. The normalized spacial score (nSPS) is 23.2. The molecular weight excluding hydrogens is 272 g/mol. The van der Waals surface area contributed by atoms with E-state index in [4.69, 9.17) is 4.74 Å². The molecule has 122 valence electrons. The van der Waals surface area contributed by atoms with E-state index in [1.807, 2.05) is 0 Å². The zero-order chi connectivity index (χ0) is 16.2. The number of piperidine rings is 1. The van der Waals surface area contributed by atoms with Crippen LogP contribution in [0, 0.1) is 11.8 Å². The minimum atomic E-state index is -0.871. The molecule has 2 N–H and O–H groups in total. The van der Waals surface area contributed by atoms with Crippen LogP contribution in [0.25, 0.3) is 0 Å². The Morgan fingerprint density at radius 3 is 2.48 bits per heavy atom. The number of carbonyl (C=O) groups excluding carboxylic acids is 1. The summed E-state index contributed by atoms with van der Waals surface area (Å²) in [5, 5.41) is 12.7. The van der Waals surface area contributed by atoms with E-state index in [1.54, 1.807) is 20.8 Å². The number of ether oxygens (including phenoxy) is 1. The van der Waals surface area contributed by atoms with Crippen LogP contribution in [0.15, 0.2) is 0 Å². The van der Waals surface area contributed by atoms with E-state index in [9.17, 15) is 14.7 Å². The number of carboxylic acids is 1. The molecule has 1 heterocycles. The summed E-state index contributed by atoms with van der Waals surface area (Å²) < 4.78 is 5.31. The summed E-state index contributed by atoms with van der Waals surface area (Å²) in [6.07, 6.45) is 0.194. The second kappa shape index (κ2) is 7.11. The number of carbonyl (C=O) groups is 2. The molecule has 1 rings (SSSR count). The van der Waals surface area contributed by atoms with Gasteiger partial charge in [0.25, 0.3) is 0 Å². The van der Waals surface area contributed by atoms with Crippen molar-refractivity contribution in [3.05, 3.63) is 0 Å². The fraction of sp³-hybridized carbons (Fsp3) is 0.867. The standard InChI is InChI=1S/C15H28N2O4/c1-10(2)8-16-12-6-7-17(9-11(12)13(18)19)14(20)21-15(3,4)5/h10-12,16H,6-9H2,1-5H3,(H,18,19)/t11-,12+/m1/s1. The van der Waals surface area contributed by atoms with Crippen molar-refractivity contribution >= 4 is 12.1 Å². The van der Waals surface area contributed by atoms with Crippen LogP contribution in [0.2, 0.25) is 0 Å².